The van der Waals surface area contributed by atoms with Crippen molar-refractivity contribution in [2.75, 3.05) is 0 Å². The number of rotatable bonds is 4. The second kappa shape index (κ2) is 12.1. The van der Waals surface area contributed by atoms with Crippen LogP contribution in [-0.4, -0.2) is 15.0 Å². The molecule has 8 aromatic carbocycles. The molecule has 0 amide bonds. The summed E-state index contributed by atoms with van der Waals surface area (Å²) in [6.45, 7) is 0. The molecule has 0 radical (unpaired) electrons. The first-order valence-corrected chi connectivity index (χ1v) is 19.1. The smallest absolute Gasteiger partial charge is 0.164 e. The van der Waals surface area contributed by atoms with E-state index in [1.54, 1.807) is 0 Å². The largest absolute Gasteiger partial charge is 0.456 e. The van der Waals surface area contributed by atoms with Crippen molar-refractivity contribution < 1.29 is 8.83 Å². The Hall–Kier alpha value is -7.37. The minimum atomic E-state index is 0.610. The first-order chi connectivity index (χ1) is 27.7. The van der Waals surface area contributed by atoms with Gasteiger partial charge in [-0.2, -0.15) is 0 Å². The van der Waals surface area contributed by atoms with E-state index in [4.69, 9.17) is 23.8 Å². The average Bonchev–Trinajstić information content (AvgIpc) is 3.84. The molecule has 56 heavy (non-hydrogen) atoms. The lowest BCUT2D eigenvalue weighted by Crippen LogP contribution is -2.03. The highest BCUT2D eigenvalue weighted by Crippen LogP contribution is 2.40. The molecular formula is C51H31N3O2. The fraction of sp³-hybridized carbons (Fsp3) is 0.0392. The molecule has 5 heteroatoms. The molecule has 1 aliphatic carbocycles. The van der Waals surface area contributed by atoms with Gasteiger partial charge in [0, 0.05) is 38.2 Å². The van der Waals surface area contributed by atoms with Crippen LogP contribution in [0.5, 0.6) is 0 Å². The van der Waals surface area contributed by atoms with Crippen LogP contribution in [0, 0.1) is 0 Å². The number of fused-ring (bicyclic) bond motifs is 12. The number of hydrogen-bond donors (Lipinski definition) is 0. The van der Waals surface area contributed by atoms with Crippen molar-refractivity contribution in [3.05, 3.63) is 170 Å². The molecule has 11 aromatic rings. The zero-order valence-electron chi connectivity index (χ0n) is 30.2. The van der Waals surface area contributed by atoms with Crippen LogP contribution in [0.1, 0.15) is 18.7 Å². The number of nitrogens with zero attached hydrogens (tertiary/aromatic N) is 3. The van der Waals surface area contributed by atoms with E-state index in [0.717, 1.165) is 84.5 Å². The van der Waals surface area contributed by atoms with Crippen molar-refractivity contribution in [1.29, 1.82) is 0 Å². The summed E-state index contributed by atoms with van der Waals surface area (Å²) in [5.74, 6) is 1.88. The minimum absolute atomic E-state index is 0.610. The van der Waals surface area contributed by atoms with Gasteiger partial charge in [-0.15, -0.1) is 0 Å². The summed E-state index contributed by atoms with van der Waals surface area (Å²) in [4.78, 5) is 15.3. The molecule has 3 heterocycles. The molecule has 0 aliphatic heterocycles. The van der Waals surface area contributed by atoms with Crippen LogP contribution in [0.2, 0.25) is 0 Å². The van der Waals surface area contributed by atoms with Gasteiger partial charge in [-0.1, -0.05) is 115 Å². The third kappa shape index (κ3) is 4.77. The summed E-state index contributed by atoms with van der Waals surface area (Å²) in [5, 5.41) is 11.7. The molecule has 0 saturated carbocycles. The van der Waals surface area contributed by atoms with Crippen LogP contribution in [0.4, 0.5) is 0 Å². The maximum Gasteiger partial charge on any atom is 0.164 e. The standard InChI is InChI=1S/C51H31N3O2/c1-2-11-30(12-3-1)49-52-50(54-51(53-49)41-18-10-20-46-48(41)40-17-8-9-19-44(40)55-46)33-23-26-45-43(28-33)39-25-22-32(29-47(39)56-45)31-21-24-38-36-15-5-4-13-34(36)35-14-6-7-16-37(35)42(38)27-31/h2,4-29H,1,3H2. The van der Waals surface area contributed by atoms with Gasteiger partial charge >= 0.3 is 0 Å². The van der Waals surface area contributed by atoms with E-state index in [1.165, 1.54) is 32.3 Å². The number of benzene rings is 8. The molecule has 0 fully saturated rings. The van der Waals surface area contributed by atoms with E-state index < -0.39 is 0 Å². The van der Waals surface area contributed by atoms with Gasteiger partial charge in [0.2, 0.25) is 0 Å². The molecule has 5 nitrogen and oxygen atoms in total. The molecule has 3 aromatic heterocycles. The number of hydrogen-bond acceptors (Lipinski definition) is 5. The number of aromatic nitrogens is 3. The topological polar surface area (TPSA) is 65.0 Å². The first-order valence-electron chi connectivity index (χ1n) is 19.1. The van der Waals surface area contributed by atoms with Crippen molar-refractivity contribution >= 4 is 81.8 Å². The second-order valence-electron chi connectivity index (χ2n) is 14.6. The normalized spacial score (nSPS) is 13.2. The molecule has 0 N–H and O–H groups in total. The van der Waals surface area contributed by atoms with Crippen LogP contribution < -0.4 is 0 Å². The molecule has 0 atom stereocenters. The van der Waals surface area contributed by atoms with Gasteiger partial charge in [0.15, 0.2) is 17.5 Å². The van der Waals surface area contributed by atoms with Gasteiger partial charge in [0.05, 0.1) is 0 Å². The van der Waals surface area contributed by atoms with E-state index in [0.29, 0.717) is 17.5 Å². The summed E-state index contributed by atoms with van der Waals surface area (Å²) in [6.07, 6.45) is 8.47. The van der Waals surface area contributed by atoms with Crippen molar-refractivity contribution in [1.82, 2.24) is 15.0 Å². The number of furan rings is 2. The molecule has 1 aliphatic rings. The predicted octanol–water partition coefficient (Wildman–Crippen LogP) is 13.9. The summed E-state index contributed by atoms with van der Waals surface area (Å²) < 4.78 is 12.8. The first kappa shape index (κ1) is 31.0. The summed E-state index contributed by atoms with van der Waals surface area (Å²) >= 11 is 0. The highest BCUT2D eigenvalue weighted by Gasteiger charge is 2.19. The molecule has 0 saturated heterocycles. The van der Waals surface area contributed by atoms with Gasteiger partial charge < -0.3 is 8.83 Å². The van der Waals surface area contributed by atoms with E-state index in [1.807, 2.05) is 42.5 Å². The highest BCUT2D eigenvalue weighted by molar-refractivity contribution is 6.25. The van der Waals surface area contributed by atoms with E-state index >= 15 is 0 Å². The lowest BCUT2D eigenvalue weighted by molar-refractivity contribution is 0.668. The molecule has 0 spiro atoms. The molecule has 12 rings (SSSR count). The van der Waals surface area contributed by atoms with Gasteiger partial charge in [-0.05, 0) is 105 Å². The fourth-order valence-electron chi connectivity index (χ4n) is 8.68. The van der Waals surface area contributed by atoms with Gasteiger partial charge in [-0.25, -0.2) is 15.0 Å². The fourth-order valence-corrected chi connectivity index (χ4v) is 8.68. The van der Waals surface area contributed by atoms with Crippen molar-refractivity contribution in [2.24, 2.45) is 0 Å². The van der Waals surface area contributed by atoms with Gasteiger partial charge in [-0.3, -0.25) is 0 Å². The van der Waals surface area contributed by atoms with Crippen molar-refractivity contribution in [2.45, 2.75) is 12.8 Å². The Balaban J connectivity index is 0.993. The van der Waals surface area contributed by atoms with Crippen molar-refractivity contribution in [3.8, 4) is 33.9 Å². The Bertz CT molecular complexity index is 3460. The molecule has 0 bridgehead atoms. The third-order valence-electron chi connectivity index (χ3n) is 11.3. The van der Waals surface area contributed by atoms with E-state index in [-0.39, 0.29) is 0 Å². The van der Waals surface area contributed by atoms with Crippen LogP contribution in [-0.2, 0) is 0 Å². The number of para-hydroxylation sites is 1. The summed E-state index contributed by atoms with van der Waals surface area (Å²) in [5.41, 5.74) is 8.37. The van der Waals surface area contributed by atoms with Crippen LogP contribution in [0.25, 0.3) is 116 Å². The Morgan fingerprint density at radius 2 is 0.964 bits per heavy atom. The van der Waals surface area contributed by atoms with Crippen molar-refractivity contribution in [3.63, 3.8) is 0 Å². The Morgan fingerprint density at radius 1 is 0.375 bits per heavy atom. The SMILES string of the molecule is C1=CC(c2nc(-c3ccc4oc5cc(-c6ccc7c8ccccc8c8ccccc8c7c6)ccc5c4c3)nc(-c3cccc4oc5ccccc5c34)n2)=CCC1. The molecule has 0 unspecified atom stereocenters. The minimum Gasteiger partial charge on any atom is -0.456 e. The molecule has 262 valence electrons. The maximum absolute atomic E-state index is 6.53. The monoisotopic (exact) mass is 717 g/mol. The Kier molecular flexibility index (Phi) is 6.69. The quantitative estimate of drug-likeness (QED) is 0.170. The zero-order valence-corrected chi connectivity index (χ0v) is 30.2. The van der Waals surface area contributed by atoms with Crippen LogP contribution >= 0.6 is 0 Å². The van der Waals surface area contributed by atoms with Gasteiger partial charge in [0.1, 0.15) is 22.3 Å². The van der Waals surface area contributed by atoms with E-state index in [9.17, 15) is 0 Å². The van der Waals surface area contributed by atoms with Gasteiger partial charge in [0.25, 0.3) is 0 Å². The zero-order chi connectivity index (χ0) is 36.7. The maximum atomic E-state index is 6.53. The highest BCUT2D eigenvalue weighted by atomic mass is 16.3. The Labute approximate surface area is 320 Å². The summed E-state index contributed by atoms with van der Waals surface area (Å²) in [7, 11) is 0. The Morgan fingerprint density at radius 3 is 1.75 bits per heavy atom. The van der Waals surface area contributed by atoms with E-state index in [2.05, 4.69) is 121 Å². The second-order valence-corrected chi connectivity index (χ2v) is 14.6. The average molecular weight is 718 g/mol. The predicted molar refractivity (Wildman–Crippen MR) is 230 cm³/mol. The van der Waals surface area contributed by atoms with Crippen LogP contribution in [0.15, 0.2) is 173 Å². The number of allylic oxidation sites excluding steroid dienone is 4. The third-order valence-corrected chi connectivity index (χ3v) is 11.3. The lowest BCUT2D eigenvalue weighted by Gasteiger charge is -2.12. The lowest BCUT2D eigenvalue weighted by atomic mass is 9.92. The molecular weight excluding hydrogens is 687 g/mol. The summed E-state index contributed by atoms with van der Waals surface area (Å²) in [6, 6.07) is 51.2. The van der Waals surface area contributed by atoms with Crippen LogP contribution in [0.3, 0.4) is 0 Å².